The zero-order valence-electron chi connectivity index (χ0n) is 7.34. The Morgan fingerprint density at radius 2 is 2.14 bits per heavy atom. The van der Waals surface area contributed by atoms with Crippen LogP contribution in [0.25, 0.3) is 0 Å². The lowest BCUT2D eigenvalue weighted by molar-refractivity contribution is -0.229. The minimum absolute atomic E-state index is 1.07. The molecule has 2 atom stereocenters. The van der Waals surface area contributed by atoms with E-state index in [1.54, 1.807) is 0 Å². The van der Waals surface area contributed by atoms with E-state index in [9.17, 15) is 18.0 Å². The molecule has 0 radical (unpaired) electrons. The van der Waals surface area contributed by atoms with Crippen LogP contribution >= 0.6 is 0 Å². The Morgan fingerprint density at radius 3 is 2.43 bits per heavy atom. The van der Waals surface area contributed by atoms with Crippen LogP contribution in [0.15, 0.2) is 0 Å². The fraction of sp³-hybridized carbons (Fsp3) is 0.625. The lowest BCUT2D eigenvalue weighted by Gasteiger charge is -2.20. The number of hydrogen-bond acceptors (Lipinski definition) is 2. The summed E-state index contributed by atoms with van der Waals surface area (Å²) in [6.45, 7) is 1.24. The monoisotopic (exact) mass is 210 g/mol. The minimum atomic E-state index is -4.72. The Balaban J connectivity index is 4.43. The molecule has 0 saturated carbocycles. The van der Waals surface area contributed by atoms with Gasteiger partial charge in [-0.05, 0) is 6.92 Å². The van der Waals surface area contributed by atoms with Gasteiger partial charge in [-0.1, -0.05) is 5.92 Å². The highest BCUT2D eigenvalue weighted by Crippen LogP contribution is 2.26. The molecule has 0 aromatic carbocycles. The third-order valence-corrected chi connectivity index (χ3v) is 1.33. The van der Waals surface area contributed by atoms with Crippen molar-refractivity contribution in [3.8, 4) is 12.3 Å². The molecule has 0 aliphatic heterocycles. The SMILES string of the molecule is C#CC(C)OC(CC(=O)O)C(F)(F)F. The Bertz CT molecular complexity index is 241. The van der Waals surface area contributed by atoms with E-state index in [-0.39, 0.29) is 0 Å². The molecular weight excluding hydrogens is 201 g/mol. The largest absolute Gasteiger partial charge is 0.481 e. The third kappa shape index (κ3) is 4.72. The lowest BCUT2D eigenvalue weighted by Crippen LogP contribution is -2.36. The van der Waals surface area contributed by atoms with E-state index in [4.69, 9.17) is 11.5 Å². The Labute approximate surface area is 78.9 Å². The second-order valence-corrected chi connectivity index (χ2v) is 2.57. The second-order valence-electron chi connectivity index (χ2n) is 2.57. The Hall–Kier alpha value is -1.22. The number of aliphatic carboxylic acids is 1. The van der Waals surface area contributed by atoms with Gasteiger partial charge in [0.2, 0.25) is 0 Å². The van der Waals surface area contributed by atoms with Crippen molar-refractivity contribution in [2.75, 3.05) is 0 Å². The second kappa shape index (κ2) is 4.86. The van der Waals surface area contributed by atoms with Crippen molar-refractivity contribution >= 4 is 5.97 Å². The number of hydrogen-bond donors (Lipinski definition) is 1. The predicted octanol–water partition coefficient (Wildman–Crippen LogP) is 1.43. The maximum absolute atomic E-state index is 12.1. The Morgan fingerprint density at radius 1 is 1.64 bits per heavy atom. The van der Waals surface area contributed by atoms with Crippen LogP contribution < -0.4 is 0 Å². The van der Waals surface area contributed by atoms with Gasteiger partial charge in [-0.3, -0.25) is 4.79 Å². The molecule has 0 aliphatic carbocycles. The fourth-order valence-electron chi connectivity index (χ4n) is 0.685. The molecule has 0 spiro atoms. The molecule has 0 rings (SSSR count). The van der Waals surface area contributed by atoms with Gasteiger partial charge in [0.25, 0.3) is 0 Å². The van der Waals surface area contributed by atoms with Gasteiger partial charge >= 0.3 is 12.1 Å². The summed E-state index contributed by atoms with van der Waals surface area (Å²) in [6, 6.07) is 0. The molecular formula is C8H9F3O3. The molecule has 0 fully saturated rings. The molecule has 6 heteroatoms. The van der Waals surface area contributed by atoms with Crippen LogP contribution in [0, 0.1) is 12.3 Å². The molecule has 0 bridgehead atoms. The van der Waals surface area contributed by atoms with Gasteiger partial charge in [-0.25, -0.2) is 0 Å². The molecule has 0 aromatic rings. The zero-order valence-corrected chi connectivity index (χ0v) is 7.34. The van der Waals surface area contributed by atoms with Crippen molar-refractivity contribution < 1.29 is 27.8 Å². The summed E-state index contributed by atoms with van der Waals surface area (Å²) in [5.74, 6) is 0.339. The number of carboxylic acids is 1. The summed E-state index contributed by atoms with van der Waals surface area (Å²) in [7, 11) is 0. The molecule has 0 amide bonds. The van der Waals surface area contributed by atoms with Gasteiger partial charge in [0.15, 0.2) is 6.10 Å². The fourth-order valence-corrected chi connectivity index (χ4v) is 0.685. The number of carboxylic acid groups (broad SMARTS) is 1. The number of ether oxygens (including phenoxy) is 1. The van der Waals surface area contributed by atoms with E-state index in [0.29, 0.717) is 0 Å². The van der Waals surface area contributed by atoms with Crippen molar-refractivity contribution in [2.24, 2.45) is 0 Å². The van der Waals surface area contributed by atoms with Crippen LogP contribution in [-0.2, 0) is 9.53 Å². The molecule has 0 heterocycles. The number of rotatable bonds is 4. The zero-order chi connectivity index (χ0) is 11.4. The summed E-state index contributed by atoms with van der Waals surface area (Å²) in [5, 5.41) is 8.20. The average Bonchev–Trinajstić information content (AvgIpc) is 2.00. The molecule has 0 aliphatic rings. The van der Waals surface area contributed by atoms with E-state index in [2.05, 4.69) is 4.74 Å². The molecule has 80 valence electrons. The number of terminal acetylenes is 1. The number of carbonyl (C=O) groups is 1. The van der Waals surface area contributed by atoms with E-state index < -0.39 is 30.8 Å². The maximum Gasteiger partial charge on any atom is 0.415 e. The van der Waals surface area contributed by atoms with E-state index >= 15 is 0 Å². The highest BCUT2D eigenvalue weighted by atomic mass is 19.4. The molecule has 3 nitrogen and oxygen atoms in total. The molecule has 0 aromatic heterocycles. The molecule has 2 unspecified atom stereocenters. The number of halogens is 3. The molecule has 1 N–H and O–H groups in total. The Kier molecular flexibility index (Phi) is 4.44. The first-order valence-corrected chi connectivity index (χ1v) is 3.67. The van der Waals surface area contributed by atoms with Gasteiger partial charge in [0, 0.05) is 0 Å². The van der Waals surface area contributed by atoms with E-state index in [1.165, 1.54) is 6.92 Å². The third-order valence-electron chi connectivity index (χ3n) is 1.33. The van der Waals surface area contributed by atoms with E-state index in [0.717, 1.165) is 0 Å². The van der Waals surface area contributed by atoms with E-state index in [1.807, 2.05) is 5.92 Å². The van der Waals surface area contributed by atoms with Crippen LogP contribution in [0.1, 0.15) is 13.3 Å². The van der Waals surface area contributed by atoms with Crippen molar-refractivity contribution in [1.29, 1.82) is 0 Å². The van der Waals surface area contributed by atoms with Crippen molar-refractivity contribution in [2.45, 2.75) is 31.7 Å². The van der Waals surface area contributed by atoms with Crippen molar-refractivity contribution in [1.82, 2.24) is 0 Å². The van der Waals surface area contributed by atoms with Gasteiger partial charge < -0.3 is 9.84 Å². The van der Waals surface area contributed by atoms with Crippen LogP contribution in [0.4, 0.5) is 13.2 Å². The standard InChI is InChI=1S/C8H9F3O3/c1-3-5(2)14-6(4-7(12)13)8(9,10)11/h1,5-6H,4H2,2H3,(H,12,13). The average molecular weight is 210 g/mol. The van der Waals surface area contributed by atoms with Gasteiger partial charge in [0.05, 0.1) is 6.42 Å². The normalized spacial score (nSPS) is 15.6. The summed E-state index contributed by atoms with van der Waals surface area (Å²) in [6.07, 6.45) is -4.48. The van der Waals surface area contributed by atoms with Crippen LogP contribution in [0.2, 0.25) is 0 Å². The van der Waals surface area contributed by atoms with Crippen molar-refractivity contribution in [3.05, 3.63) is 0 Å². The number of alkyl halides is 3. The highest BCUT2D eigenvalue weighted by Gasteiger charge is 2.42. The van der Waals surface area contributed by atoms with Gasteiger partial charge in [-0.2, -0.15) is 13.2 Å². The van der Waals surface area contributed by atoms with Crippen LogP contribution in [0.3, 0.4) is 0 Å². The molecule has 14 heavy (non-hydrogen) atoms. The van der Waals surface area contributed by atoms with Gasteiger partial charge in [-0.15, -0.1) is 6.42 Å². The highest BCUT2D eigenvalue weighted by molar-refractivity contribution is 5.67. The van der Waals surface area contributed by atoms with Crippen LogP contribution in [-0.4, -0.2) is 29.5 Å². The lowest BCUT2D eigenvalue weighted by atomic mass is 10.2. The minimum Gasteiger partial charge on any atom is -0.481 e. The summed E-state index contributed by atoms with van der Waals surface area (Å²) < 4.78 is 40.7. The maximum atomic E-state index is 12.1. The first-order valence-electron chi connectivity index (χ1n) is 3.67. The van der Waals surface area contributed by atoms with Crippen LogP contribution in [0.5, 0.6) is 0 Å². The topological polar surface area (TPSA) is 46.5 Å². The first-order chi connectivity index (χ1) is 6.27. The molecule has 0 saturated heterocycles. The quantitative estimate of drug-likeness (QED) is 0.714. The van der Waals surface area contributed by atoms with Crippen molar-refractivity contribution in [3.63, 3.8) is 0 Å². The summed E-state index contributed by atoms with van der Waals surface area (Å²) in [4.78, 5) is 10.1. The summed E-state index contributed by atoms with van der Waals surface area (Å²) in [5.41, 5.74) is 0. The first kappa shape index (κ1) is 12.8. The predicted molar refractivity (Wildman–Crippen MR) is 41.5 cm³/mol. The summed E-state index contributed by atoms with van der Waals surface area (Å²) >= 11 is 0. The van der Waals surface area contributed by atoms with Gasteiger partial charge in [0.1, 0.15) is 6.10 Å². The smallest absolute Gasteiger partial charge is 0.415 e.